The van der Waals surface area contributed by atoms with Gasteiger partial charge < -0.3 is 10.6 Å². The minimum atomic E-state index is -0.199. The van der Waals surface area contributed by atoms with Gasteiger partial charge in [-0.25, -0.2) is 0 Å². The number of hydrogen-bond acceptors (Lipinski definition) is 2. The highest BCUT2D eigenvalue weighted by Crippen LogP contribution is 1.75. The molecule has 0 aliphatic carbocycles. The highest BCUT2D eigenvalue weighted by molar-refractivity contribution is 5.87. The molecule has 0 radical (unpaired) electrons. The Morgan fingerprint density at radius 2 is 1.36 bits per heavy atom. The summed E-state index contributed by atoms with van der Waals surface area (Å²) in [5.74, 6) is -0.398. The van der Waals surface area contributed by atoms with Gasteiger partial charge in [-0.15, -0.1) is 0 Å². The molecule has 2 N–H and O–H groups in total. The van der Waals surface area contributed by atoms with E-state index in [1.165, 1.54) is 12.2 Å². The highest BCUT2D eigenvalue weighted by Gasteiger charge is 1.94. The Morgan fingerprint density at radius 1 is 1.00 bits per heavy atom. The van der Waals surface area contributed by atoms with E-state index in [4.69, 9.17) is 0 Å². The van der Waals surface area contributed by atoms with Gasteiger partial charge in [-0.05, 0) is 18.6 Å². The van der Waals surface area contributed by atoms with Crippen molar-refractivity contribution in [1.29, 1.82) is 0 Å². The summed E-state index contributed by atoms with van der Waals surface area (Å²) in [7, 11) is 0. The van der Waals surface area contributed by atoms with Crippen LogP contribution in [-0.2, 0) is 9.59 Å². The lowest BCUT2D eigenvalue weighted by Gasteiger charge is -2.02. The van der Waals surface area contributed by atoms with Gasteiger partial charge in [-0.3, -0.25) is 9.59 Å². The van der Waals surface area contributed by atoms with Crippen LogP contribution in [0.25, 0.3) is 0 Å². The summed E-state index contributed by atoms with van der Waals surface area (Å²) >= 11 is 0. The smallest absolute Gasteiger partial charge is 0.243 e. The Kier molecular flexibility index (Phi) is 10.1. The fraction of sp³-hybridized carbons (Fsp3) is 0.400. The molecule has 0 heterocycles. The minimum Gasteiger partial charge on any atom is -0.353 e. The summed E-state index contributed by atoms with van der Waals surface area (Å²) in [6.07, 6.45) is 3.11. The van der Waals surface area contributed by atoms with E-state index in [2.05, 4.69) is 23.8 Å². The van der Waals surface area contributed by atoms with Crippen LogP contribution in [0.2, 0.25) is 0 Å². The Morgan fingerprint density at radius 3 is 1.64 bits per heavy atom. The van der Waals surface area contributed by atoms with Crippen molar-refractivity contribution in [1.82, 2.24) is 10.6 Å². The van der Waals surface area contributed by atoms with E-state index in [1.807, 2.05) is 0 Å². The zero-order chi connectivity index (χ0) is 10.1. The highest BCUT2D eigenvalue weighted by atomic mass is 16.2. The first kappa shape index (κ1) is 14.9. The van der Waals surface area contributed by atoms with E-state index >= 15 is 0 Å². The molecule has 0 bridgehead atoms. The molecule has 0 aliphatic heterocycles. The molecule has 14 heavy (non-hydrogen) atoms. The zero-order valence-electron chi connectivity index (χ0n) is 7.51. The molecule has 80 valence electrons. The molecule has 0 spiro atoms. The standard InChI is InChI=1S/C9H14N2O2.CH4/c1-3-8(12)10-6-5-7-11-9(13)4-2;/h3-4H,1-2,5-7H2,(H,10,12)(H,11,13);1H4. The number of hydrogen-bond donors (Lipinski definition) is 2. The van der Waals surface area contributed by atoms with Crippen molar-refractivity contribution in [2.24, 2.45) is 0 Å². The van der Waals surface area contributed by atoms with Crippen LogP contribution >= 0.6 is 0 Å². The molecule has 0 saturated heterocycles. The van der Waals surface area contributed by atoms with Crippen molar-refractivity contribution in [2.45, 2.75) is 13.8 Å². The predicted molar refractivity (Wildman–Crippen MR) is 57.8 cm³/mol. The van der Waals surface area contributed by atoms with E-state index in [0.29, 0.717) is 19.5 Å². The third-order valence-electron chi connectivity index (χ3n) is 1.32. The average Bonchev–Trinajstić information content (AvgIpc) is 2.16. The molecule has 0 atom stereocenters. The SMILES string of the molecule is C.C=CC(=O)NCCCNC(=O)C=C. The fourth-order valence-electron chi connectivity index (χ4n) is 0.656. The monoisotopic (exact) mass is 198 g/mol. The van der Waals surface area contributed by atoms with Crippen molar-refractivity contribution in [3.63, 3.8) is 0 Å². The largest absolute Gasteiger partial charge is 0.353 e. The summed E-state index contributed by atoms with van der Waals surface area (Å²) in [5, 5.41) is 5.18. The maximum atomic E-state index is 10.6. The van der Waals surface area contributed by atoms with Gasteiger partial charge in [-0.1, -0.05) is 20.6 Å². The van der Waals surface area contributed by atoms with E-state index in [1.54, 1.807) is 0 Å². The number of amides is 2. The molecule has 4 heteroatoms. The molecule has 0 aliphatic rings. The molecule has 4 nitrogen and oxygen atoms in total. The quantitative estimate of drug-likeness (QED) is 0.485. The van der Waals surface area contributed by atoms with E-state index in [-0.39, 0.29) is 19.2 Å². The lowest BCUT2D eigenvalue weighted by Crippen LogP contribution is -2.27. The van der Waals surface area contributed by atoms with Crippen LogP contribution in [-0.4, -0.2) is 24.9 Å². The lowest BCUT2D eigenvalue weighted by atomic mass is 10.4. The summed E-state index contributed by atoms with van der Waals surface area (Å²) < 4.78 is 0. The van der Waals surface area contributed by atoms with Crippen molar-refractivity contribution in [3.05, 3.63) is 25.3 Å². The second-order valence-electron chi connectivity index (χ2n) is 2.34. The van der Waals surface area contributed by atoms with Crippen molar-refractivity contribution in [2.75, 3.05) is 13.1 Å². The molecule has 0 fully saturated rings. The Labute approximate surface area is 85.1 Å². The van der Waals surface area contributed by atoms with Crippen molar-refractivity contribution in [3.8, 4) is 0 Å². The second kappa shape index (κ2) is 9.51. The maximum absolute atomic E-state index is 10.6. The third-order valence-corrected chi connectivity index (χ3v) is 1.32. The lowest BCUT2D eigenvalue weighted by molar-refractivity contribution is -0.116. The van der Waals surface area contributed by atoms with Gasteiger partial charge in [-0.2, -0.15) is 0 Å². The molecular formula is C10H18N2O2. The molecule has 0 aromatic carbocycles. The van der Waals surface area contributed by atoms with E-state index in [9.17, 15) is 9.59 Å². The van der Waals surface area contributed by atoms with E-state index < -0.39 is 0 Å². The topological polar surface area (TPSA) is 58.2 Å². The summed E-state index contributed by atoms with van der Waals surface area (Å²) in [6.45, 7) is 7.67. The Balaban J connectivity index is 0. The van der Waals surface area contributed by atoms with Crippen LogP contribution in [0.4, 0.5) is 0 Å². The van der Waals surface area contributed by atoms with Gasteiger partial charge in [0, 0.05) is 13.1 Å². The minimum absolute atomic E-state index is 0. The molecule has 0 saturated carbocycles. The second-order valence-corrected chi connectivity index (χ2v) is 2.34. The molecular weight excluding hydrogens is 180 g/mol. The summed E-state index contributed by atoms with van der Waals surface area (Å²) in [4.78, 5) is 21.3. The van der Waals surface area contributed by atoms with Crippen molar-refractivity contribution < 1.29 is 9.59 Å². The molecule has 2 amide bonds. The Bertz CT molecular complexity index is 190. The van der Waals surface area contributed by atoms with Crippen LogP contribution in [0.3, 0.4) is 0 Å². The molecule has 0 aromatic heterocycles. The molecule has 0 unspecified atom stereocenters. The third kappa shape index (κ3) is 8.52. The van der Waals surface area contributed by atoms with Gasteiger partial charge in [0.15, 0.2) is 0 Å². The first-order chi connectivity index (χ1) is 6.20. The molecule has 0 rings (SSSR count). The fourth-order valence-corrected chi connectivity index (χ4v) is 0.656. The Hall–Kier alpha value is -1.58. The average molecular weight is 198 g/mol. The normalized spacial score (nSPS) is 8.00. The predicted octanol–water partition coefficient (Wildman–Crippen LogP) is 0.617. The number of rotatable bonds is 6. The van der Waals surface area contributed by atoms with Crippen molar-refractivity contribution >= 4 is 11.8 Å². The zero-order valence-corrected chi connectivity index (χ0v) is 7.51. The van der Waals surface area contributed by atoms with Gasteiger partial charge in [0.05, 0.1) is 0 Å². The van der Waals surface area contributed by atoms with Crippen LogP contribution in [0, 0.1) is 0 Å². The molecule has 0 aromatic rings. The van der Waals surface area contributed by atoms with Crippen LogP contribution in [0.15, 0.2) is 25.3 Å². The van der Waals surface area contributed by atoms with Gasteiger partial charge >= 0.3 is 0 Å². The maximum Gasteiger partial charge on any atom is 0.243 e. The van der Waals surface area contributed by atoms with Crippen LogP contribution in [0.5, 0.6) is 0 Å². The first-order valence-electron chi connectivity index (χ1n) is 4.01. The number of carbonyl (C=O) groups is 2. The van der Waals surface area contributed by atoms with Gasteiger partial charge in [0.1, 0.15) is 0 Å². The van der Waals surface area contributed by atoms with Crippen LogP contribution < -0.4 is 10.6 Å². The summed E-state index contributed by atoms with van der Waals surface area (Å²) in [5.41, 5.74) is 0. The van der Waals surface area contributed by atoms with Gasteiger partial charge in [0.25, 0.3) is 0 Å². The number of carbonyl (C=O) groups excluding carboxylic acids is 2. The first-order valence-corrected chi connectivity index (χ1v) is 4.01. The van der Waals surface area contributed by atoms with Gasteiger partial charge in [0.2, 0.25) is 11.8 Å². The van der Waals surface area contributed by atoms with Crippen LogP contribution in [0.1, 0.15) is 13.8 Å². The summed E-state index contributed by atoms with van der Waals surface area (Å²) in [6, 6.07) is 0. The van der Waals surface area contributed by atoms with E-state index in [0.717, 1.165) is 0 Å². The number of nitrogens with one attached hydrogen (secondary N) is 2.